The highest BCUT2D eigenvalue weighted by molar-refractivity contribution is 8.13. The fourth-order valence-corrected chi connectivity index (χ4v) is 3.65. The first-order chi connectivity index (χ1) is 9.79. The largest absolute Gasteiger partial charge is 0.493 e. The summed E-state index contributed by atoms with van der Waals surface area (Å²) in [4.78, 5) is 0.157. The first-order valence-corrected chi connectivity index (χ1v) is 9.39. The fraction of sp³-hybridized carbons (Fsp3) is 0.600. The monoisotopic (exact) mass is 332 g/mol. The Hall–Kier alpha value is -0.780. The number of benzene rings is 1. The van der Waals surface area contributed by atoms with Gasteiger partial charge in [-0.1, -0.05) is 13.8 Å². The van der Waals surface area contributed by atoms with Crippen LogP contribution < -0.4 is 4.74 Å². The molecule has 1 fully saturated rings. The molecule has 0 saturated carbocycles. The molecule has 21 heavy (non-hydrogen) atoms. The van der Waals surface area contributed by atoms with Crippen molar-refractivity contribution >= 4 is 19.7 Å². The van der Waals surface area contributed by atoms with Gasteiger partial charge in [-0.05, 0) is 42.5 Å². The van der Waals surface area contributed by atoms with E-state index in [1.807, 2.05) is 13.8 Å². The van der Waals surface area contributed by atoms with E-state index in [-0.39, 0.29) is 10.8 Å². The molecule has 1 aliphatic heterocycles. The van der Waals surface area contributed by atoms with Crippen LogP contribution in [0, 0.1) is 12.8 Å². The standard InChI is InChI=1S/C15H21ClO4S/c1-10(2)13-7-15(21(16,17)18)11(3)6-14(13)20-9-12-4-5-19-8-12/h6-7,10,12H,4-5,8-9H2,1-3H3. The minimum Gasteiger partial charge on any atom is -0.493 e. The van der Waals surface area contributed by atoms with Crippen molar-refractivity contribution in [2.24, 2.45) is 5.92 Å². The van der Waals surface area contributed by atoms with E-state index in [9.17, 15) is 8.42 Å². The van der Waals surface area contributed by atoms with Crippen molar-refractivity contribution in [3.05, 3.63) is 23.3 Å². The van der Waals surface area contributed by atoms with Gasteiger partial charge >= 0.3 is 0 Å². The van der Waals surface area contributed by atoms with Crippen LogP contribution in [0.2, 0.25) is 0 Å². The summed E-state index contributed by atoms with van der Waals surface area (Å²) < 4.78 is 34.5. The highest BCUT2D eigenvalue weighted by Crippen LogP contribution is 2.33. The van der Waals surface area contributed by atoms with Crippen LogP contribution >= 0.6 is 10.7 Å². The van der Waals surface area contributed by atoms with Gasteiger partial charge in [-0.25, -0.2) is 8.42 Å². The lowest BCUT2D eigenvalue weighted by Gasteiger charge is -2.18. The third kappa shape index (κ3) is 4.11. The first kappa shape index (κ1) is 16.6. The van der Waals surface area contributed by atoms with Crippen LogP contribution in [0.5, 0.6) is 5.75 Å². The predicted molar refractivity (Wildman–Crippen MR) is 82.7 cm³/mol. The van der Waals surface area contributed by atoms with Crippen molar-refractivity contribution in [3.63, 3.8) is 0 Å². The van der Waals surface area contributed by atoms with Gasteiger partial charge in [0.2, 0.25) is 0 Å². The molecule has 118 valence electrons. The number of rotatable bonds is 5. The van der Waals surface area contributed by atoms with Crippen molar-refractivity contribution in [3.8, 4) is 5.75 Å². The molecule has 1 aromatic rings. The Bertz CT molecular complexity index is 604. The lowest BCUT2D eigenvalue weighted by atomic mass is 10.0. The minimum atomic E-state index is -3.74. The molecular formula is C15H21ClO4S. The van der Waals surface area contributed by atoms with Gasteiger partial charge in [0.15, 0.2) is 0 Å². The highest BCUT2D eigenvalue weighted by atomic mass is 35.7. The molecule has 0 spiro atoms. The van der Waals surface area contributed by atoms with Crippen LogP contribution in [-0.4, -0.2) is 28.2 Å². The summed E-state index contributed by atoms with van der Waals surface area (Å²) in [6.45, 7) is 7.83. The van der Waals surface area contributed by atoms with E-state index >= 15 is 0 Å². The summed E-state index contributed by atoms with van der Waals surface area (Å²) in [6.07, 6.45) is 1.00. The number of aryl methyl sites for hydroxylation is 1. The van der Waals surface area contributed by atoms with Gasteiger partial charge in [0.25, 0.3) is 9.05 Å². The molecule has 6 heteroatoms. The van der Waals surface area contributed by atoms with E-state index in [1.165, 1.54) is 0 Å². The van der Waals surface area contributed by atoms with Gasteiger partial charge < -0.3 is 9.47 Å². The number of halogens is 1. The first-order valence-electron chi connectivity index (χ1n) is 7.08. The Morgan fingerprint density at radius 2 is 2.14 bits per heavy atom. The second-order valence-electron chi connectivity index (χ2n) is 5.79. The quantitative estimate of drug-likeness (QED) is 0.775. The number of ether oxygens (including phenoxy) is 2. The molecule has 0 bridgehead atoms. The summed E-state index contributed by atoms with van der Waals surface area (Å²) in [5, 5.41) is 0. The highest BCUT2D eigenvalue weighted by Gasteiger charge is 2.21. The third-order valence-electron chi connectivity index (χ3n) is 3.69. The molecule has 0 radical (unpaired) electrons. The van der Waals surface area contributed by atoms with Crippen LogP contribution in [0.15, 0.2) is 17.0 Å². The fourth-order valence-electron chi connectivity index (χ4n) is 2.44. The van der Waals surface area contributed by atoms with Crippen LogP contribution in [0.1, 0.15) is 37.3 Å². The Kier molecular flexibility index (Phi) is 5.17. The molecule has 0 aromatic heterocycles. The van der Waals surface area contributed by atoms with E-state index in [2.05, 4.69) is 0 Å². The van der Waals surface area contributed by atoms with Gasteiger partial charge in [-0.15, -0.1) is 0 Å². The molecule has 4 nitrogen and oxygen atoms in total. The molecule has 0 amide bonds. The SMILES string of the molecule is Cc1cc(OCC2CCOC2)c(C(C)C)cc1S(=O)(=O)Cl. The minimum absolute atomic E-state index is 0.151. The van der Waals surface area contributed by atoms with Crippen LogP contribution in [0.3, 0.4) is 0 Å². The van der Waals surface area contributed by atoms with Crippen molar-refractivity contribution in [1.82, 2.24) is 0 Å². The molecule has 0 aliphatic carbocycles. The van der Waals surface area contributed by atoms with Crippen molar-refractivity contribution < 1.29 is 17.9 Å². The summed E-state index contributed by atoms with van der Waals surface area (Å²) in [7, 11) is 1.75. The molecule has 2 rings (SSSR count). The Labute approximate surface area is 130 Å². The van der Waals surface area contributed by atoms with Gasteiger partial charge in [0, 0.05) is 23.2 Å². The van der Waals surface area contributed by atoms with Crippen LogP contribution in [-0.2, 0) is 13.8 Å². The molecule has 1 heterocycles. The van der Waals surface area contributed by atoms with Crippen molar-refractivity contribution in [1.29, 1.82) is 0 Å². The zero-order valence-electron chi connectivity index (χ0n) is 12.6. The molecule has 1 atom stereocenters. The van der Waals surface area contributed by atoms with E-state index in [4.69, 9.17) is 20.2 Å². The normalized spacial score (nSPS) is 19.2. The lowest BCUT2D eigenvalue weighted by Crippen LogP contribution is -2.13. The molecule has 1 aromatic carbocycles. The van der Waals surface area contributed by atoms with E-state index in [1.54, 1.807) is 19.1 Å². The smallest absolute Gasteiger partial charge is 0.261 e. The Balaban J connectivity index is 2.29. The maximum absolute atomic E-state index is 11.6. The van der Waals surface area contributed by atoms with Gasteiger partial charge in [0.05, 0.1) is 18.1 Å². The lowest BCUT2D eigenvalue weighted by molar-refractivity contribution is 0.166. The summed E-state index contributed by atoms with van der Waals surface area (Å²) >= 11 is 0. The molecular weight excluding hydrogens is 312 g/mol. The molecule has 1 unspecified atom stereocenters. The third-order valence-corrected chi connectivity index (χ3v) is 5.15. The van der Waals surface area contributed by atoms with Gasteiger partial charge in [-0.3, -0.25) is 0 Å². The van der Waals surface area contributed by atoms with Gasteiger partial charge in [0.1, 0.15) is 5.75 Å². The van der Waals surface area contributed by atoms with Gasteiger partial charge in [-0.2, -0.15) is 0 Å². The molecule has 1 saturated heterocycles. The average molecular weight is 333 g/mol. The predicted octanol–water partition coefficient (Wildman–Crippen LogP) is 3.46. The maximum atomic E-state index is 11.6. The number of hydrogen-bond donors (Lipinski definition) is 0. The summed E-state index contributed by atoms with van der Waals surface area (Å²) in [6, 6.07) is 3.39. The molecule has 0 N–H and O–H groups in total. The second kappa shape index (κ2) is 6.55. The van der Waals surface area contributed by atoms with E-state index in [0.29, 0.717) is 18.1 Å². The number of hydrogen-bond acceptors (Lipinski definition) is 4. The second-order valence-corrected chi connectivity index (χ2v) is 8.32. The van der Waals surface area contributed by atoms with Crippen molar-refractivity contribution in [2.75, 3.05) is 19.8 Å². The van der Waals surface area contributed by atoms with Crippen LogP contribution in [0.25, 0.3) is 0 Å². The summed E-state index contributed by atoms with van der Waals surface area (Å²) in [5.41, 5.74) is 1.46. The zero-order chi connectivity index (χ0) is 15.6. The summed E-state index contributed by atoms with van der Waals surface area (Å²) in [5.74, 6) is 1.29. The van der Waals surface area contributed by atoms with Crippen LogP contribution in [0.4, 0.5) is 0 Å². The van der Waals surface area contributed by atoms with E-state index < -0.39 is 9.05 Å². The topological polar surface area (TPSA) is 52.6 Å². The Morgan fingerprint density at radius 1 is 1.43 bits per heavy atom. The average Bonchev–Trinajstić information content (AvgIpc) is 2.87. The van der Waals surface area contributed by atoms with E-state index in [0.717, 1.165) is 30.9 Å². The Morgan fingerprint density at radius 3 is 2.67 bits per heavy atom. The zero-order valence-corrected chi connectivity index (χ0v) is 14.1. The maximum Gasteiger partial charge on any atom is 0.261 e. The molecule has 1 aliphatic rings. The van der Waals surface area contributed by atoms with Crippen molar-refractivity contribution in [2.45, 2.75) is 38.0 Å².